The van der Waals surface area contributed by atoms with Crippen molar-refractivity contribution in [2.75, 3.05) is 20.8 Å². The highest BCUT2D eigenvalue weighted by molar-refractivity contribution is 7.71. The van der Waals surface area contributed by atoms with Gasteiger partial charge in [0.25, 0.3) is 0 Å². The molecule has 1 aromatic heterocycles. The van der Waals surface area contributed by atoms with Gasteiger partial charge in [-0.3, -0.25) is 18.6 Å². The summed E-state index contributed by atoms with van der Waals surface area (Å²) in [5, 5.41) is 21.2. The lowest BCUT2D eigenvalue weighted by Crippen LogP contribution is -2.36. The van der Waals surface area contributed by atoms with Gasteiger partial charge in [0.1, 0.15) is 41.1 Å². The second kappa shape index (κ2) is 15.3. The Morgan fingerprint density at radius 1 is 0.957 bits per heavy atom. The lowest BCUT2D eigenvalue weighted by atomic mass is 10.1. The topological polar surface area (TPSA) is 255 Å². The third-order valence-electron chi connectivity index (χ3n) is 6.54. The number of aliphatic hydroxyl groups is 2. The molecular weight excluding hydrogens is 709 g/mol. The minimum Gasteiger partial charge on any atom is -0.497 e. The number of phosphoric acid groups is 3. The number of nitrogens with zero attached hydrogens (tertiary/aromatic N) is 1. The number of aromatic amines is 1. The number of phosphoric ester groups is 1. The van der Waals surface area contributed by atoms with Crippen LogP contribution in [0.25, 0.3) is 0 Å². The molecule has 0 aliphatic carbocycles. The van der Waals surface area contributed by atoms with Crippen LogP contribution in [-0.4, -0.2) is 73.6 Å². The van der Waals surface area contributed by atoms with Crippen LogP contribution >= 0.6 is 35.7 Å². The van der Waals surface area contributed by atoms with Crippen LogP contribution in [0.15, 0.2) is 59.5 Å². The second-order valence-corrected chi connectivity index (χ2v) is 15.0. The largest absolute Gasteiger partial charge is 0.497 e. The first-order valence-electron chi connectivity index (χ1n) is 13.3. The number of hydrogen-bond acceptors (Lipinski definition) is 14. The van der Waals surface area contributed by atoms with Crippen molar-refractivity contribution in [3.05, 3.63) is 86.5 Å². The first kappa shape index (κ1) is 37.3. The lowest BCUT2D eigenvalue weighted by molar-refractivity contribution is -0.0547. The Morgan fingerprint density at radius 2 is 1.66 bits per heavy atom. The molecule has 2 unspecified atom stereocenters. The Hall–Kier alpha value is -2.57. The maximum Gasteiger partial charge on any atom is 0.490 e. The van der Waals surface area contributed by atoms with Crippen molar-refractivity contribution in [2.45, 2.75) is 37.6 Å². The van der Waals surface area contributed by atoms with E-state index in [0.29, 0.717) is 23.7 Å². The van der Waals surface area contributed by atoms with Gasteiger partial charge in [0.05, 0.1) is 13.7 Å². The first-order chi connectivity index (χ1) is 22.0. The van der Waals surface area contributed by atoms with Gasteiger partial charge < -0.3 is 39.1 Å². The fraction of sp³-hybridized carbons (Fsp3) is 0.360. The van der Waals surface area contributed by atoms with E-state index in [1.165, 1.54) is 6.20 Å². The molecule has 0 saturated carbocycles. The van der Waals surface area contributed by atoms with Crippen LogP contribution in [0.1, 0.15) is 22.9 Å². The Morgan fingerprint density at radius 3 is 2.30 bits per heavy atom. The Labute approximate surface area is 271 Å². The van der Waals surface area contributed by atoms with Gasteiger partial charge >= 0.3 is 29.2 Å². The molecule has 4 rings (SSSR count). The maximum atomic E-state index is 12.8. The number of rotatable bonds is 15. The zero-order valence-corrected chi connectivity index (χ0v) is 28.1. The SMILES string of the molecule is COc1cccc(COc2ccc(Cc3cn([C@@H]4O[C@H](COP(=O)(OC)OP(=O)(O)OP(=O)(O)O)[C@@H](O)[C@H]4O)c(=O)[nH]c3=S)cc2)c1. The van der Waals surface area contributed by atoms with E-state index in [-0.39, 0.29) is 11.1 Å². The molecule has 258 valence electrons. The molecule has 1 saturated heterocycles. The van der Waals surface area contributed by atoms with E-state index < -0.39 is 60.3 Å². The molecule has 0 spiro atoms. The minimum absolute atomic E-state index is 0.113. The van der Waals surface area contributed by atoms with Gasteiger partial charge in [-0.25, -0.2) is 18.5 Å². The summed E-state index contributed by atoms with van der Waals surface area (Å²) in [5.74, 6) is 1.32. The second-order valence-electron chi connectivity index (χ2n) is 9.88. The molecule has 2 heterocycles. The predicted molar refractivity (Wildman–Crippen MR) is 163 cm³/mol. The molecule has 1 fully saturated rings. The summed E-state index contributed by atoms with van der Waals surface area (Å²) in [7, 11) is -14.0. The van der Waals surface area contributed by atoms with Gasteiger partial charge in [0, 0.05) is 25.3 Å². The van der Waals surface area contributed by atoms with Crippen LogP contribution in [0.3, 0.4) is 0 Å². The first-order valence-corrected chi connectivity index (χ1v) is 18.2. The highest BCUT2D eigenvalue weighted by Gasteiger charge is 2.47. The standard InChI is InChI=1S/C25H31N2O16P3S/c1-37-19-5-3-4-16(11-19)13-39-18-8-6-15(7-9-18)10-17-12-27(25(30)26-23(17)47)24-22(29)21(28)20(41-24)14-40-46(36,38-2)43-45(34,35)42-44(31,32)33/h3-9,11-12,20-22,24,28-29H,10,13-14H2,1-2H3,(H,34,35)(H,26,30,47)(H2,31,32,33)/t20-,21-,22-,24-,46?/m1/s1. The van der Waals surface area contributed by atoms with Gasteiger partial charge in [0.15, 0.2) is 6.23 Å². The molecule has 0 amide bonds. The average Bonchev–Trinajstić information content (AvgIpc) is 3.28. The van der Waals surface area contributed by atoms with Crippen LogP contribution in [0.4, 0.5) is 0 Å². The molecule has 47 heavy (non-hydrogen) atoms. The molecule has 18 nitrogen and oxygen atoms in total. The summed E-state index contributed by atoms with van der Waals surface area (Å²) in [6.07, 6.45) is -4.91. The van der Waals surface area contributed by atoms with Crippen molar-refractivity contribution in [3.8, 4) is 11.5 Å². The number of benzene rings is 2. The molecule has 3 aromatic rings. The van der Waals surface area contributed by atoms with Crippen molar-refractivity contribution >= 4 is 35.7 Å². The predicted octanol–water partition coefficient (Wildman–Crippen LogP) is 2.70. The molecule has 22 heteroatoms. The minimum atomic E-state index is -5.67. The summed E-state index contributed by atoms with van der Waals surface area (Å²) in [5.41, 5.74) is 1.37. The number of aromatic nitrogens is 2. The molecule has 2 aromatic carbocycles. The zero-order valence-electron chi connectivity index (χ0n) is 24.6. The fourth-order valence-corrected chi connectivity index (χ4v) is 7.92. The van der Waals surface area contributed by atoms with Gasteiger partial charge in [-0.15, -0.1) is 0 Å². The van der Waals surface area contributed by atoms with Crippen molar-refractivity contribution < 1.29 is 70.5 Å². The van der Waals surface area contributed by atoms with E-state index in [2.05, 4.69) is 18.1 Å². The number of nitrogens with one attached hydrogen (secondary N) is 1. The van der Waals surface area contributed by atoms with Crippen LogP contribution in [-0.2, 0) is 49.1 Å². The van der Waals surface area contributed by atoms with E-state index >= 15 is 0 Å². The number of ether oxygens (including phenoxy) is 3. The maximum absolute atomic E-state index is 12.8. The summed E-state index contributed by atoms with van der Waals surface area (Å²) >= 11 is 5.33. The summed E-state index contributed by atoms with van der Waals surface area (Å²) in [6, 6.07) is 14.6. The van der Waals surface area contributed by atoms with Gasteiger partial charge in [-0.05, 0) is 35.4 Å². The number of methoxy groups -OCH3 is 1. The van der Waals surface area contributed by atoms with Crippen molar-refractivity contribution in [1.82, 2.24) is 9.55 Å². The van der Waals surface area contributed by atoms with Crippen molar-refractivity contribution in [1.29, 1.82) is 0 Å². The van der Waals surface area contributed by atoms with Crippen LogP contribution < -0.4 is 15.2 Å². The summed E-state index contributed by atoms with van der Waals surface area (Å²) < 4.78 is 70.0. The van der Waals surface area contributed by atoms with E-state index in [9.17, 15) is 33.6 Å². The Balaban J connectivity index is 1.43. The molecule has 1 aliphatic rings. The van der Waals surface area contributed by atoms with Gasteiger partial charge in [-0.2, -0.15) is 8.62 Å². The van der Waals surface area contributed by atoms with E-state index in [4.69, 9.17) is 40.7 Å². The Bertz CT molecular complexity index is 1810. The van der Waals surface area contributed by atoms with Crippen molar-refractivity contribution in [3.63, 3.8) is 0 Å². The molecule has 1 aliphatic heterocycles. The highest BCUT2D eigenvalue weighted by Crippen LogP contribution is 2.68. The van der Waals surface area contributed by atoms with Gasteiger partial charge in [0.2, 0.25) is 0 Å². The van der Waals surface area contributed by atoms with Gasteiger partial charge in [-0.1, -0.05) is 36.5 Å². The van der Waals surface area contributed by atoms with E-state index in [1.54, 1.807) is 31.4 Å². The van der Waals surface area contributed by atoms with Crippen LogP contribution in [0, 0.1) is 4.64 Å². The fourth-order valence-electron chi connectivity index (χ4n) is 4.34. The summed E-state index contributed by atoms with van der Waals surface area (Å²) in [4.78, 5) is 42.2. The normalized spacial score (nSPS) is 22.4. The van der Waals surface area contributed by atoms with E-state index in [1.807, 2.05) is 24.3 Å². The third kappa shape index (κ3) is 10.2. The lowest BCUT2D eigenvalue weighted by Gasteiger charge is -2.21. The van der Waals surface area contributed by atoms with Crippen molar-refractivity contribution in [2.24, 2.45) is 0 Å². The molecule has 0 bridgehead atoms. The highest BCUT2D eigenvalue weighted by atomic mass is 32.1. The van der Waals surface area contributed by atoms with Crippen LogP contribution in [0.2, 0.25) is 0 Å². The zero-order chi connectivity index (χ0) is 34.6. The Kier molecular flexibility index (Phi) is 12.1. The molecule has 0 radical (unpaired) electrons. The monoisotopic (exact) mass is 740 g/mol. The summed E-state index contributed by atoms with van der Waals surface area (Å²) in [6.45, 7) is -0.593. The molecular formula is C25H31N2O16P3S. The third-order valence-corrected chi connectivity index (χ3v) is 11.1. The quantitative estimate of drug-likeness (QED) is 0.0967. The number of aliphatic hydroxyl groups excluding tert-OH is 2. The van der Waals surface area contributed by atoms with Crippen LogP contribution in [0.5, 0.6) is 11.5 Å². The number of hydrogen-bond donors (Lipinski definition) is 6. The molecule has 6 atom stereocenters. The number of H-pyrrole nitrogens is 1. The molecule has 6 N–H and O–H groups in total. The average molecular weight is 741 g/mol. The van der Waals surface area contributed by atoms with E-state index in [0.717, 1.165) is 22.8 Å². The smallest absolute Gasteiger partial charge is 0.490 e.